The normalized spacial score (nSPS) is 19.8. The van der Waals surface area contributed by atoms with Gasteiger partial charge in [0.15, 0.2) is 0 Å². The Kier molecular flexibility index (Phi) is 5.04. The van der Waals surface area contributed by atoms with Crippen LogP contribution < -0.4 is 5.73 Å². The average Bonchev–Trinajstić information content (AvgIpc) is 2.96. The Morgan fingerprint density at radius 2 is 2.19 bits per heavy atom. The second kappa shape index (κ2) is 6.60. The van der Waals surface area contributed by atoms with Crippen molar-refractivity contribution in [2.45, 2.75) is 52.5 Å². The van der Waals surface area contributed by atoms with Crippen LogP contribution in [0.3, 0.4) is 0 Å². The van der Waals surface area contributed by atoms with Crippen molar-refractivity contribution in [2.75, 3.05) is 19.6 Å². The fourth-order valence-electron chi connectivity index (χ4n) is 3.25. The molecule has 5 nitrogen and oxygen atoms in total. The van der Waals surface area contributed by atoms with Gasteiger partial charge in [-0.1, -0.05) is 13.8 Å². The first kappa shape index (κ1) is 16.0. The van der Waals surface area contributed by atoms with Crippen LogP contribution in [-0.4, -0.2) is 40.2 Å². The number of nitrogens with zero attached hydrogens (tertiary/aromatic N) is 3. The van der Waals surface area contributed by atoms with E-state index in [2.05, 4.69) is 25.1 Å². The maximum atomic E-state index is 12.9. The highest BCUT2D eigenvalue weighted by molar-refractivity contribution is 5.83. The Hall–Kier alpha value is -1.36. The summed E-state index contributed by atoms with van der Waals surface area (Å²) in [7, 11) is 0. The lowest BCUT2D eigenvalue weighted by molar-refractivity contribution is -0.144. The van der Waals surface area contributed by atoms with Gasteiger partial charge in [0.2, 0.25) is 5.91 Å². The molecule has 2 rings (SSSR count). The number of hydrogen-bond donors (Lipinski definition) is 1. The summed E-state index contributed by atoms with van der Waals surface area (Å²) >= 11 is 0. The molecule has 1 aliphatic heterocycles. The molecule has 118 valence electrons. The zero-order valence-corrected chi connectivity index (χ0v) is 13.5. The number of likely N-dealkylation sites (tertiary alicyclic amines) is 1. The van der Waals surface area contributed by atoms with Crippen molar-refractivity contribution in [3.05, 3.63) is 18.0 Å². The molecule has 2 heterocycles. The van der Waals surface area contributed by atoms with Crippen molar-refractivity contribution < 1.29 is 4.79 Å². The highest BCUT2D eigenvalue weighted by Gasteiger charge is 2.38. The van der Waals surface area contributed by atoms with Crippen LogP contribution in [0.2, 0.25) is 0 Å². The van der Waals surface area contributed by atoms with Crippen molar-refractivity contribution >= 4 is 5.91 Å². The molecule has 1 aromatic heterocycles. The van der Waals surface area contributed by atoms with Crippen LogP contribution in [0.15, 0.2) is 12.4 Å². The van der Waals surface area contributed by atoms with Gasteiger partial charge in [0.05, 0.1) is 17.7 Å². The molecule has 1 saturated heterocycles. The Labute approximate surface area is 127 Å². The highest BCUT2D eigenvalue weighted by atomic mass is 16.2. The molecule has 0 saturated carbocycles. The monoisotopic (exact) mass is 292 g/mol. The number of carbonyl (C=O) groups excluding carboxylic acids is 1. The third-order valence-electron chi connectivity index (χ3n) is 4.99. The molecule has 0 spiro atoms. The molecule has 21 heavy (non-hydrogen) atoms. The van der Waals surface area contributed by atoms with E-state index in [1.807, 2.05) is 22.7 Å². The van der Waals surface area contributed by atoms with Crippen LogP contribution >= 0.6 is 0 Å². The molecular weight excluding hydrogens is 264 g/mol. The van der Waals surface area contributed by atoms with E-state index in [-0.39, 0.29) is 11.3 Å². The average molecular weight is 292 g/mol. The van der Waals surface area contributed by atoms with Crippen LogP contribution in [0.5, 0.6) is 0 Å². The van der Waals surface area contributed by atoms with Crippen molar-refractivity contribution in [1.29, 1.82) is 0 Å². The third kappa shape index (κ3) is 3.12. The van der Waals surface area contributed by atoms with Crippen LogP contribution in [0.25, 0.3) is 0 Å². The van der Waals surface area contributed by atoms with Crippen molar-refractivity contribution in [3.8, 4) is 0 Å². The Morgan fingerprint density at radius 3 is 2.71 bits per heavy atom. The van der Waals surface area contributed by atoms with E-state index in [1.165, 1.54) is 0 Å². The van der Waals surface area contributed by atoms with Crippen molar-refractivity contribution in [3.63, 3.8) is 0 Å². The van der Waals surface area contributed by atoms with Crippen LogP contribution in [0.1, 0.15) is 51.1 Å². The second-order valence-corrected chi connectivity index (χ2v) is 6.24. The van der Waals surface area contributed by atoms with E-state index in [0.29, 0.717) is 12.6 Å². The lowest BCUT2D eigenvalue weighted by Crippen LogP contribution is -2.51. The zero-order chi connectivity index (χ0) is 15.5. The molecule has 2 N–H and O–H groups in total. The lowest BCUT2D eigenvalue weighted by atomic mass is 9.80. The summed E-state index contributed by atoms with van der Waals surface area (Å²) in [5, 5.41) is 4.41. The molecule has 1 atom stereocenters. The van der Waals surface area contributed by atoms with E-state index in [0.717, 1.165) is 44.3 Å². The molecular formula is C16H28N4O. The minimum absolute atomic E-state index is 0.226. The van der Waals surface area contributed by atoms with E-state index < -0.39 is 0 Å². The largest absolute Gasteiger partial charge is 0.340 e. The number of rotatable bonds is 5. The quantitative estimate of drug-likeness (QED) is 0.904. The molecule has 0 bridgehead atoms. The van der Waals surface area contributed by atoms with Crippen molar-refractivity contribution in [2.24, 2.45) is 11.1 Å². The maximum absolute atomic E-state index is 12.9. The van der Waals surface area contributed by atoms with Gasteiger partial charge in [0.1, 0.15) is 0 Å². The van der Waals surface area contributed by atoms with Crippen LogP contribution in [0.4, 0.5) is 0 Å². The first-order valence-corrected chi connectivity index (χ1v) is 8.06. The summed E-state index contributed by atoms with van der Waals surface area (Å²) in [5.41, 5.74) is 6.70. The van der Waals surface area contributed by atoms with E-state index in [9.17, 15) is 4.79 Å². The number of carbonyl (C=O) groups is 1. The fourth-order valence-corrected chi connectivity index (χ4v) is 3.25. The van der Waals surface area contributed by atoms with Gasteiger partial charge in [0, 0.05) is 25.8 Å². The van der Waals surface area contributed by atoms with E-state index in [4.69, 9.17) is 5.73 Å². The predicted molar refractivity (Wildman–Crippen MR) is 83.9 cm³/mol. The topological polar surface area (TPSA) is 64.2 Å². The fraction of sp³-hybridized carbons (Fsp3) is 0.750. The molecule has 1 aliphatic rings. The maximum Gasteiger partial charge on any atom is 0.230 e. The van der Waals surface area contributed by atoms with Gasteiger partial charge >= 0.3 is 0 Å². The number of aromatic nitrogens is 2. The minimum atomic E-state index is -0.387. The summed E-state index contributed by atoms with van der Waals surface area (Å²) in [5.74, 6) is 0.226. The van der Waals surface area contributed by atoms with Gasteiger partial charge < -0.3 is 10.6 Å². The number of amides is 1. The molecule has 1 unspecified atom stereocenters. The highest BCUT2D eigenvalue weighted by Crippen LogP contribution is 2.31. The Morgan fingerprint density at radius 1 is 1.48 bits per heavy atom. The molecule has 0 radical (unpaired) electrons. The first-order chi connectivity index (χ1) is 10.1. The van der Waals surface area contributed by atoms with Gasteiger partial charge in [-0.3, -0.25) is 9.48 Å². The molecule has 1 amide bonds. The number of aryl methyl sites for hydroxylation is 1. The molecule has 0 aliphatic carbocycles. The Balaban J connectivity index is 2.11. The van der Waals surface area contributed by atoms with Crippen LogP contribution in [0, 0.1) is 12.3 Å². The van der Waals surface area contributed by atoms with E-state index >= 15 is 0 Å². The van der Waals surface area contributed by atoms with Crippen molar-refractivity contribution in [1.82, 2.24) is 14.7 Å². The summed E-state index contributed by atoms with van der Waals surface area (Å²) < 4.78 is 2.01. The van der Waals surface area contributed by atoms with E-state index in [1.54, 1.807) is 0 Å². The summed E-state index contributed by atoms with van der Waals surface area (Å²) in [6.45, 7) is 8.20. The second-order valence-electron chi connectivity index (χ2n) is 6.24. The molecule has 0 aromatic carbocycles. The first-order valence-electron chi connectivity index (χ1n) is 8.06. The van der Waals surface area contributed by atoms with Crippen LogP contribution in [-0.2, 0) is 4.79 Å². The summed E-state index contributed by atoms with van der Waals surface area (Å²) in [6, 6.07) is 0.292. The summed E-state index contributed by atoms with van der Waals surface area (Å²) in [4.78, 5) is 14.9. The Bertz CT molecular complexity index is 470. The van der Waals surface area contributed by atoms with Gasteiger partial charge in [-0.25, -0.2) is 0 Å². The summed E-state index contributed by atoms with van der Waals surface area (Å²) in [6.07, 6.45) is 7.67. The SMILES string of the molecule is CCC(CC)(CN)C(=O)N1CCCC(n2cc(C)cn2)C1. The third-order valence-corrected chi connectivity index (χ3v) is 4.99. The zero-order valence-electron chi connectivity index (χ0n) is 13.5. The molecule has 5 heteroatoms. The smallest absolute Gasteiger partial charge is 0.230 e. The molecule has 1 aromatic rings. The van der Waals surface area contributed by atoms with Gasteiger partial charge in [0.25, 0.3) is 0 Å². The minimum Gasteiger partial charge on any atom is -0.340 e. The number of piperidine rings is 1. The van der Waals surface area contributed by atoms with Gasteiger partial charge in [-0.15, -0.1) is 0 Å². The predicted octanol–water partition coefficient (Wildman–Crippen LogP) is 2.12. The van der Waals surface area contributed by atoms with Gasteiger partial charge in [-0.2, -0.15) is 5.10 Å². The number of hydrogen-bond acceptors (Lipinski definition) is 3. The number of nitrogens with two attached hydrogens (primary N) is 1. The van der Waals surface area contributed by atoms with Gasteiger partial charge in [-0.05, 0) is 38.2 Å². The standard InChI is InChI=1S/C16H28N4O/c1-4-16(5-2,12-17)15(21)19-8-6-7-14(11-19)20-10-13(3)9-18-20/h9-10,14H,4-8,11-12,17H2,1-3H3. The lowest BCUT2D eigenvalue weighted by Gasteiger charge is -2.39. The molecule has 1 fully saturated rings.